The summed E-state index contributed by atoms with van der Waals surface area (Å²) in [5.74, 6) is 0.483. The van der Waals surface area contributed by atoms with Gasteiger partial charge in [-0.25, -0.2) is 0 Å². The number of hydrogen-bond donors (Lipinski definition) is 1. The molecule has 2 rings (SSSR count). The lowest BCUT2D eigenvalue weighted by atomic mass is 10.0. The van der Waals surface area contributed by atoms with Gasteiger partial charge >= 0.3 is 0 Å². The molecule has 1 aromatic rings. The molecular weight excluding hydrogens is 150 g/mol. The molecule has 2 nitrogen and oxygen atoms in total. The maximum Gasteiger partial charge on any atom is 0.139 e. The SMILES string of the molecule is Cc1c(O)c2c(n1C)C=CCC2. The van der Waals surface area contributed by atoms with Crippen LogP contribution in [-0.4, -0.2) is 9.67 Å². The second-order valence-corrected chi connectivity index (χ2v) is 3.30. The molecule has 0 aliphatic heterocycles. The summed E-state index contributed by atoms with van der Waals surface area (Å²) >= 11 is 0. The van der Waals surface area contributed by atoms with Gasteiger partial charge in [0.1, 0.15) is 5.75 Å². The lowest BCUT2D eigenvalue weighted by Crippen LogP contribution is -1.97. The van der Waals surface area contributed by atoms with Crippen LogP contribution in [0.4, 0.5) is 0 Å². The van der Waals surface area contributed by atoms with Gasteiger partial charge in [0.25, 0.3) is 0 Å². The molecule has 0 amide bonds. The molecule has 0 bridgehead atoms. The molecule has 0 saturated heterocycles. The van der Waals surface area contributed by atoms with Gasteiger partial charge in [-0.15, -0.1) is 0 Å². The van der Waals surface area contributed by atoms with E-state index in [0.717, 1.165) is 29.8 Å². The van der Waals surface area contributed by atoms with Crippen molar-refractivity contribution >= 4 is 6.08 Å². The van der Waals surface area contributed by atoms with Crippen LogP contribution in [0.15, 0.2) is 6.08 Å². The molecule has 1 aromatic heterocycles. The molecule has 0 unspecified atom stereocenters. The fraction of sp³-hybridized carbons (Fsp3) is 0.400. The van der Waals surface area contributed by atoms with Gasteiger partial charge in [-0.2, -0.15) is 0 Å². The minimum atomic E-state index is 0.483. The molecule has 64 valence electrons. The number of fused-ring (bicyclic) bond motifs is 1. The van der Waals surface area contributed by atoms with Crippen molar-refractivity contribution in [3.8, 4) is 5.75 Å². The highest BCUT2D eigenvalue weighted by Gasteiger charge is 2.16. The fourth-order valence-electron chi connectivity index (χ4n) is 1.76. The Kier molecular flexibility index (Phi) is 1.50. The van der Waals surface area contributed by atoms with Gasteiger partial charge < -0.3 is 9.67 Å². The van der Waals surface area contributed by atoms with Gasteiger partial charge in [-0.3, -0.25) is 0 Å². The van der Waals surface area contributed by atoms with Crippen molar-refractivity contribution in [1.29, 1.82) is 0 Å². The van der Waals surface area contributed by atoms with E-state index in [0.29, 0.717) is 5.75 Å². The quantitative estimate of drug-likeness (QED) is 0.621. The third-order valence-electron chi connectivity index (χ3n) is 2.64. The summed E-state index contributed by atoms with van der Waals surface area (Å²) in [6.07, 6.45) is 6.26. The Bertz CT molecular complexity index is 347. The topological polar surface area (TPSA) is 25.2 Å². The molecule has 0 fully saturated rings. The summed E-state index contributed by atoms with van der Waals surface area (Å²) in [7, 11) is 1.99. The molecule has 2 heteroatoms. The molecule has 0 atom stereocenters. The first-order valence-corrected chi connectivity index (χ1v) is 4.25. The van der Waals surface area contributed by atoms with Gasteiger partial charge in [0, 0.05) is 18.3 Å². The molecule has 12 heavy (non-hydrogen) atoms. The van der Waals surface area contributed by atoms with E-state index in [1.54, 1.807) is 0 Å². The predicted octanol–water partition coefficient (Wildman–Crippen LogP) is 2.00. The Labute approximate surface area is 72.1 Å². The van der Waals surface area contributed by atoms with Crippen molar-refractivity contribution in [3.63, 3.8) is 0 Å². The van der Waals surface area contributed by atoms with E-state index in [-0.39, 0.29) is 0 Å². The summed E-state index contributed by atoms with van der Waals surface area (Å²) in [5.41, 5.74) is 3.24. The molecule has 1 aliphatic carbocycles. The molecule has 1 N–H and O–H groups in total. The van der Waals surface area contributed by atoms with Crippen molar-refractivity contribution in [1.82, 2.24) is 4.57 Å². The van der Waals surface area contributed by atoms with Crippen LogP contribution in [-0.2, 0) is 13.5 Å². The molecular formula is C10H13NO. The van der Waals surface area contributed by atoms with Crippen LogP contribution in [0, 0.1) is 6.92 Å². The summed E-state index contributed by atoms with van der Waals surface area (Å²) in [5, 5.41) is 9.71. The van der Waals surface area contributed by atoms with Crippen LogP contribution in [0.5, 0.6) is 5.75 Å². The third kappa shape index (κ3) is 0.809. The standard InChI is InChI=1S/C10H13NO/c1-7-10(12)8-5-3-4-6-9(8)11(7)2/h4,6,12H,3,5H2,1-2H3. The number of hydrogen-bond acceptors (Lipinski definition) is 1. The summed E-state index contributed by atoms with van der Waals surface area (Å²) in [6.45, 7) is 1.95. The zero-order chi connectivity index (χ0) is 8.72. The van der Waals surface area contributed by atoms with Crippen molar-refractivity contribution in [2.24, 2.45) is 7.05 Å². The Balaban J connectivity index is 2.70. The predicted molar refractivity (Wildman–Crippen MR) is 49.2 cm³/mol. The number of allylic oxidation sites excluding steroid dienone is 1. The molecule has 0 saturated carbocycles. The van der Waals surface area contributed by atoms with Crippen molar-refractivity contribution < 1.29 is 5.11 Å². The Morgan fingerprint density at radius 1 is 1.50 bits per heavy atom. The van der Waals surface area contributed by atoms with Crippen LogP contribution in [0.2, 0.25) is 0 Å². The van der Waals surface area contributed by atoms with E-state index in [9.17, 15) is 5.11 Å². The summed E-state index contributed by atoms with van der Waals surface area (Å²) in [6, 6.07) is 0. The van der Waals surface area contributed by atoms with Crippen LogP contribution in [0.3, 0.4) is 0 Å². The minimum absolute atomic E-state index is 0.483. The normalized spacial score (nSPS) is 14.8. The van der Waals surface area contributed by atoms with E-state index in [1.165, 1.54) is 0 Å². The van der Waals surface area contributed by atoms with E-state index < -0.39 is 0 Å². The van der Waals surface area contributed by atoms with E-state index in [4.69, 9.17) is 0 Å². The van der Waals surface area contributed by atoms with Gasteiger partial charge in [-0.05, 0) is 25.8 Å². The van der Waals surface area contributed by atoms with Gasteiger partial charge in [0.05, 0.1) is 5.69 Å². The first-order chi connectivity index (χ1) is 5.72. The van der Waals surface area contributed by atoms with Gasteiger partial charge in [0.2, 0.25) is 0 Å². The molecule has 0 aromatic carbocycles. The first kappa shape index (κ1) is 7.47. The number of rotatable bonds is 0. The van der Waals surface area contributed by atoms with Crippen molar-refractivity contribution in [2.75, 3.05) is 0 Å². The average Bonchev–Trinajstić information content (AvgIpc) is 2.33. The molecule has 1 aliphatic rings. The lowest BCUT2D eigenvalue weighted by Gasteiger charge is -2.06. The smallest absolute Gasteiger partial charge is 0.139 e. The van der Waals surface area contributed by atoms with Crippen LogP contribution in [0.25, 0.3) is 6.08 Å². The monoisotopic (exact) mass is 163 g/mol. The van der Waals surface area contributed by atoms with Gasteiger partial charge in [0.15, 0.2) is 0 Å². The first-order valence-electron chi connectivity index (χ1n) is 4.25. The fourth-order valence-corrected chi connectivity index (χ4v) is 1.76. The maximum absolute atomic E-state index is 9.71. The zero-order valence-electron chi connectivity index (χ0n) is 7.46. The minimum Gasteiger partial charge on any atom is -0.506 e. The largest absolute Gasteiger partial charge is 0.506 e. The number of aromatic hydroxyl groups is 1. The average molecular weight is 163 g/mol. The lowest BCUT2D eigenvalue weighted by molar-refractivity contribution is 0.463. The number of nitrogens with zero attached hydrogens (tertiary/aromatic N) is 1. The second kappa shape index (κ2) is 2.41. The third-order valence-corrected chi connectivity index (χ3v) is 2.64. The number of aromatic nitrogens is 1. The highest BCUT2D eigenvalue weighted by atomic mass is 16.3. The van der Waals surface area contributed by atoms with Crippen molar-refractivity contribution in [2.45, 2.75) is 19.8 Å². The Morgan fingerprint density at radius 3 is 2.92 bits per heavy atom. The zero-order valence-corrected chi connectivity index (χ0v) is 7.46. The Morgan fingerprint density at radius 2 is 2.25 bits per heavy atom. The molecule has 0 radical (unpaired) electrons. The van der Waals surface area contributed by atoms with Crippen LogP contribution in [0.1, 0.15) is 23.4 Å². The van der Waals surface area contributed by atoms with Gasteiger partial charge in [-0.1, -0.05) is 6.08 Å². The van der Waals surface area contributed by atoms with E-state index in [2.05, 4.69) is 12.2 Å². The summed E-state index contributed by atoms with van der Waals surface area (Å²) in [4.78, 5) is 0. The molecule has 0 spiro atoms. The highest BCUT2D eigenvalue weighted by Crippen LogP contribution is 2.32. The Hall–Kier alpha value is -1.18. The van der Waals surface area contributed by atoms with E-state index in [1.807, 2.05) is 18.5 Å². The van der Waals surface area contributed by atoms with Crippen LogP contribution < -0.4 is 0 Å². The maximum atomic E-state index is 9.71. The molecule has 1 heterocycles. The second-order valence-electron chi connectivity index (χ2n) is 3.30. The van der Waals surface area contributed by atoms with Crippen molar-refractivity contribution in [3.05, 3.63) is 23.0 Å². The van der Waals surface area contributed by atoms with E-state index >= 15 is 0 Å². The van der Waals surface area contributed by atoms with Crippen LogP contribution >= 0.6 is 0 Å². The highest BCUT2D eigenvalue weighted by molar-refractivity contribution is 5.60. The summed E-state index contributed by atoms with van der Waals surface area (Å²) < 4.78 is 2.04.